The largest absolute Gasteiger partial charge is 0.464 e. The van der Waals surface area contributed by atoms with Crippen LogP contribution in [-0.2, 0) is 46.8 Å². The molecule has 15 heteroatoms. The number of carbonyl (C=O) groups is 3. The number of amides is 2. The maximum atomic E-state index is 15.2. The molecule has 3 aromatic rings. The molecule has 2 amide bonds. The van der Waals surface area contributed by atoms with Crippen LogP contribution in [-0.4, -0.2) is 127 Å². The molecule has 7 heterocycles. The van der Waals surface area contributed by atoms with Gasteiger partial charge in [-0.1, -0.05) is 19.9 Å². The van der Waals surface area contributed by atoms with Gasteiger partial charge in [0.15, 0.2) is 0 Å². The van der Waals surface area contributed by atoms with E-state index in [2.05, 4.69) is 82.6 Å². The Hall–Kier alpha value is -3.48. The van der Waals surface area contributed by atoms with Crippen LogP contribution in [0, 0.1) is 16.7 Å². The maximum Gasteiger partial charge on any atom is 0.324 e. The van der Waals surface area contributed by atoms with Crippen molar-refractivity contribution in [1.29, 1.82) is 0 Å². The summed E-state index contributed by atoms with van der Waals surface area (Å²) in [5, 5.41) is 4.16. The van der Waals surface area contributed by atoms with Crippen molar-refractivity contribution in [3.05, 3.63) is 58.8 Å². The minimum Gasteiger partial charge on any atom is -0.464 e. The zero-order valence-corrected chi connectivity index (χ0v) is 38.0. The third-order valence-corrected chi connectivity index (χ3v) is 17.4. The number of carbonyl (C=O) groups excluding carboxylic acids is 3. The number of hydrogen-bond donors (Lipinski definition) is 1. The number of aromatic nitrogens is 2. The number of nitrogens with zero attached hydrogens (tertiary/aromatic N) is 5. The molecule has 8 atom stereocenters. The fraction of sp³-hybridized carbons (Fsp3) is 0.591. The number of benzene rings is 1. The Morgan fingerprint density at radius 3 is 2.73 bits per heavy atom. The molecule has 59 heavy (non-hydrogen) atoms. The molecule has 1 aromatic carbocycles. The number of fused-ring (bicyclic) bond motifs is 8. The van der Waals surface area contributed by atoms with Crippen LogP contribution in [0.2, 0.25) is 11.1 Å². The number of hydrazine groups is 1. The van der Waals surface area contributed by atoms with E-state index in [9.17, 15) is 9.59 Å². The summed E-state index contributed by atoms with van der Waals surface area (Å²) >= 11 is 1.74. The minimum absolute atomic E-state index is 0.0461. The number of hydrogen-bond acceptors (Lipinski definition) is 10. The van der Waals surface area contributed by atoms with E-state index in [1.54, 1.807) is 37.2 Å². The summed E-state index contributed by atoms with van der Waals surface area (Å²) in [7, 11) is 9.93. The zero-order valence-electron chi connectivity index (χ0n) is 35.2. The number of thioether (sulfide) groups is 1. The summed E-state index contributed by atoms with van der Waals surface area (Å²) < 4.78 is 20.0. The highest BCUT2D eigenvalue weighted by atomic mass is 32.2. The lowest BCUT2D eigenvalue weighted by molar-refractivity contribution is -0.172. The van der Waals surface area contributed by atoms with Gasteiger partial charge in [-0.2, -0.15) is 0 Å². The Morgan fingerprint density at radius 2 is 2.00 bits per heavy atom. The van der Waals surface area contributed by atoms with Crippen LogP contribution < -0.4 is 5.43 Å². The van der Waals surface area contributed by atoms with Crippen LogP contribution in [0.4, 0.5) is 0 Å². The molecular weight excluding hydrogens is 797 g/mol. The molecule has 6 aliphatic rings. The first kappa shape index (κ1) is 40.9. The molecule has 1 spiro atoms. The van der Waals surface area contributed by atoms with E-state index in [0.717, 1.165) is 57.6 Å². The first-order chi connectivity index (χ1) is 28.2. The summed E-state index contributed by atoms with van der Waals surface area (Å²) in [6.45, 7) is 11.0. The fourth-order valence-electron chi connectivity index (χ4n) is 10.5. The predicted molar refractivity (Wildman–Crippen MR) is 230 cm³/mol. The molecule has 9 rings (SSSR count). The fourth-order valence-corrected chi connectivity index (χ4v) is 14.1. The van der Waals surface area contributed by atoms with Crippen molar-refractivity contribution in [2.24, 2.45) is 16.7 Å². The number of esters is 1. The van der Waals surface area contributed by atoms with Gasteiger partial charge in [-0.15, -0.1) is 11.8 Å². The van der Waals surface area contributed by atoms with Crippen molar-refractivity contribution in [2.45, 2.75) is 100 Å². The number of ether oxygens (including phenoxy) is 3. The predicted octanol–water partition coefficient (Wildman–Crippen LogP) is 5.18. The van der Waals surface area contributed by atoms with Crippen molar-refractivity contribution in [1.82, 2.24) is 29.8 Å². The third kappa shape index (κ3) is 6.64. The van der Waals surface area contributed by atoms with E-state index in [0.29, 0.717) is 54.9 Å². The number of likely N-dealkylation sites (tertiary alicyclic amines) is 1. The minimum atomic E-state index is -0.868. The van der Waals surface area contributed by atoms with E-state index in [1.807, 2.05) is 17.9 Å². The SMILES string of the molecule is CCn1c(-c2cccnc2[C@@](C)([Si])OC)c2c3cc(ccc31)C1=CSC(CC3(C(=O)N4CCC[C@H](N4)C(=O)OCC(C)(C)C2)C2[Si]C2C3C(=O)N2CC[C@@H]2COC)N1C. The van der Waals surface area contributed by atoms with Crippen LogP contribution in [0.5, 0.6) is 0 Å². The molecule has 5 radical (unpaired) electrons. The van der Waals surface area contributed by atoms with Crippen molar-refractivity contribution >= 4 is 65.9 Å². The van der Waals surface area contributed by atoms with Gasteiger partial charge in [0.1, 0.15) is 6.04 Å². The first-order valence-electron chi connectivity index (χ1n) is 21.0. The second-order valence-electron chi connectivity index (χ2n) is 18.2. The Kier molecular flexibility index (Phi) is 10.5. The molecule has 12 nitrogen and oxygen atoms in total. The molecule has 4 fully saturated rings. The van der Waals surface area contributed by atoms with Crippen molar-refractivity contribution in [3.63, 3.8) is 0 Å². The molecule has 1 saturated carbocycles. The Balaban J connectivity index is 1.16. The second kappa shape index (κ2) is 15.2. The molecule has 5 unspecified atom stereocenters. The Labute approximate surface area is 357 Å². The smallest absolute Gasteiger partial charge is 0.324 e. The summed E-state index contributed by atoms with van der Waals surface area (Å²) in [5.41, 5.74) is 9.68. The number of pyridine rings is 1. The standard InChI is InChI=1S/C44H55N6O6SSi2/c1-8-48-31-14-13-25-19-28(31)29(35(48)27-11-9-16-45-37(27)43(4,58)55-7)20-42(2,3)24-56-40(52)30-12-10-17-50(46-30)41(53)44(21-33-47(5)32(25)23-57-33)34(36-38(44)59-36)39(51)49-18-15-26(49)22-54-6/h9,11,13-14,16,19,23,26,30,33-34,36,38,46H,8,10,12,15,17-18,20-22,24H2,1-7H3/t26-,30+,33?,34?,36?,38?,43-,44?/m1/s1. The van der Waals surface area contributed by atoms with Gasteiger partial charge in [0.2, 0.25) is 11.8 Å². The highest BCUT2D eigenvalue weighted by molar-refractivity contribution is 8.03. The van der Waals surface area contributed by atoms with Crippen LogP contribution in [0.3, 0.4) is 0 Å². The van der Waals surface area contributed by atoms with Gasteiger partial charge in [-0.25, -0.2) is 5.43 Å². The van der Waals surface area contributed by atoms with E-state index >= 15 is 4.79 Å². The molecule has 5 aliphatic heterocycles. The quantitative estimate of drug-likeness (QED) is 0.252. The van der Waals surface area contributed by atoms with Gasteiger partial charge >= 0.3 is 5.97 Å². The van der Waals surface area contributed by atoms with Gasteiger partial charge in [0.05, 0.1) is 68.5 Å². The van der Waals surface area contributed by atoms with Crippen LogP contribution in [0.1, 0.15) is 70.2 Å². The van der Waals surface area contributed by atoms with Gasteiger partial charge in [0.25, 0.3) is 0 Å². The third-order valence-electron chi connectivity index (χ3n) is 13.9. The van der Waals surface area contributed by atoms with Gasteiger partial charge < -0.3 is 28.6 Å². The summed E-state index contributed by atoms with van der Waals surface area (Å²) in [5.74, 6) is -0.705. The molecule has 3 saturated heterocycles. The lowest BCUT2D eigenvalue weighted by atomic mass is 9.56. The average molecular weight is 852 g/mol. The molecule has 1 aliphatic carbocycles. The number of methoxy groups -OCH3 is 2. The Bertz CT molecular complexity index is 2230. The van der Waals surface area contributed by atoms with Gasteiger partial charge in [-0.3, -0.25) is 24.4 Å². The van der Waals surface area contributed by atoms with Crippen LogP contribution in [0.25, 0.3) is 27.9 Å². The molecular formula is C44H55N6O6SSi2. The lowest BCUT2D eigenvalue weighted by Gasteiger charge is -2.54. The summed E-state index contributed by atoms with van der Waals surface area (Å²) in [4.78, 5) is 52.9. The summed E-state index contributed by atoms with van der Waals surface area (Å²) in [6, 6.07) is 10.2. The highest BCUT2D eigenvalue weighted by Crippen LogP contribution is 2.78. The summed E-state index contributed by atoms with van der Waals surface area (Å²) in [6.07, 6.45) is 5.11. The molecule has 311 valence electrons. The average Bonchev–Trinajstić information content (AvgIpc) is 3.72. The first-order valence-corrected chi connectivity index (χ1v) is 23.6. The number of cyclic esters (lactones) is 1. The van der Waals surface area contributed by atoms with Crippen molar-refractivity contribution in [3.8, 4) is 11.3 Å². The monoisotopic (exact) mass is 851 g/mol. The van der Waals surface area contributed by atoms with E-state index in [4.69, 9.17) is 19.2 Å². The zero-order chi connectivity index (χ0) is 41.6. The van der Waals surface area contributed by atoms with Gasteiger partial charge in [0, 0.05) is 78.5 Å². The van der Waals surface area contributed by atoms with Crippen LogP contribution >= 0.6 is 11.8 Å². The number of aryl methyl sites for hydroxylation is 1. The van der Waals surface area contributed by atoms with Crippen molar-refractivity contribution in [2.75, 3.05) is 47.6 Å². The van der Waals surface area contributed by atoms with E-state index < -0.39 is 22.1 Å². The number of nitrogens with one attached hydrogen (secondary N) is 1. The maximum absolute atomic E-state index is 15.2. The van der Waals surface area contributed by atoms with E-state index in [1.165, 1.54) is 0 Å². The van der Waals surface area contributed by atoms with Gasteiger partial charge in [-0.05, 0) is 97.8 Å². The molecule has 2 aromatic heterocycles. The van der Waals surface area contributed by atoms with Crippen LogP contribution in [0.15, 0.2) is 41.9 Å². The van der Waals surface area contributed by atoms with Crippen molar-refractivity contribution < 1.29 is 28.6 Å². The molecule has 6 bridgehead atoms. The number of rotatable bonds is 7. The van der Waals surface area contributed by atoms with E-state index in [-0.39, 0.29) is 52.8 Å². The normalized spacial score (nSPS) is 31.2. The topological polar surface area (TPSA) is 118 Å². The lowest BCUT2D eigenvalue weighted by Crippen LogP contribution is -2.66. The second-order valence-corrected chi connectivity index (χ2v) is 21.8. The molecule has 1 N–H and O–H groups in total. The Morgan fingerprint density at radius 1 is 1.19 bits per heavy atom. The highest BCUT2D eigenvalue weighted by Gasteiger charge is 2.78.